The van der Waals surface area contributed by atoms with Gasteiger partial charge in [0, 0.05) is 50.6 Å². The average Bonchev–Trinajstić information content (AvgIpc) is 2.85. The molecule has 4 rings (SSSR count). The largest absolute Gasteiger partial charge is 0.339 e. The fraction of sp³-hybridized carbons (Fsp3) is 0.364. The molecular formula is C22H24FN3O2. The zero-order valence-electron chi connectivity index (χ0n) is 15.9. The molecule has 2 heterocycles. The third kappa shape index (κ3) is 3.78. The van der Waals surface area contributed by atoms with Crippen molar-refractivity contribution in [3.05, 3.63) is 65.0 Å². The van der Waals surface area contributed by atoms with E-state index in [-0.39, 0.29) is 29.6 Å². The van der Waals surface area contributed by atoms with Crippen molar-refractivity contribution in [3.63, 3.8) is 0 Å². The SMILES string of the molecule is CC(=O)N1CC[C@H](NC[C@@H]2CC(=O)Nc3ccccc32)c2ccc(F)cc2C1. The summed E-state index contributed by atoms with van der Waals surface area (Å²) < 4.78 is 13.8. The molecule has 2 amide bonds. The monoisotopic (exact) mass is 381 g/mol. The minimum atomic E-state index is -0.291. The molecule has 0 saturated heterocycles. The highest BCUT2D eigenvalue weighted by Gasteiger charge is 2.28. The summed E-state index contributed by atoms with van der Waals surface area (Å²) in [4.78, 5) is 25.7. The molecule has 146 valence electrons. The molecule has 2 aromatic carbocycles. The van der Waals surface area contributed by atoms with Crippen molar-refractivity contribution in [2.75, 3.05) is 18.4 Å². The van der Waals surface area contributed by atoms with Gasteiger partial charge in [-0.15, -0.1) is 0 Å². The Bertz CT molecular complexity index is 914. The number of anilines is 1. The van der Waals surface area contributed by atoms with Crippen LogP contribution in [0.2, 0.25) is 0 Å². The van der Waals surface area contributed by atoms with Crippen LogP contribution in [0.1, 0.15) is 48.4 Å². The van der Waals surface area contributed by atoms with Crippen LogP contribution in [0.25, 0.3) is 0 Å². The Labute approximate surface area is 163 Å². The molecule has 2 aliphatic rings. The summed E-state index contributed by atoms with van der Waals surface area (Å²) in [6.07, 6.45) is 1.19. The van der Waals surface area contributed by atoms with E-state index in [4.69, 9.17) is 0 Å². The number of hydrogen-bond donors (Lipinski definition) is 2. The lowest BCUT2D eigenvalue weighted by molar-refractivity contribution is -0.129. The van der Waals surface area contributed by atoms with Crippen molar-refractivity contribution >= 4 is 17.5 Å². The highest BCUT2D eigenvalue weighted by molar-refractivity contribution is 5.94. The predicted molar refractivity (Wildman–Crippen MR) is 105 cm³/mol. The molecule has 0 radical (unpaired) electrons. The lowest BCUT2D eigenvalue weighted by Gasteiger charge is -2.28. The van der Waals surface area contributed by atoms with E-state index in [0.717, 1.165) is 28.8 Å². The Balaban J connectivity index is 1.55. The van der Waals surface area contributed by atoms with Crippen LogP contribution in [0.5, 0.6) is 0 Å². The Morgan fingerprint density at radius 2 is 2.07 bits per heavy atom. The number of carbonyl (C=O) groups excluding carboxylic acids is 2. The van der Waals surface area contributed by atoms with E-state index < -0.39 is 0 Å². The quantitative estimate of drug-likeness (QED) is 0.857. The highest BCUT2D eigenvalue weighted by atomic mass is 19.1. The third-order valence-electron chi connectivity index (χ3n) is 5.69. The van der Waals surface area contributed by atoms with Crippen molar-refractivity contribution in [3.8, 4) is 0 Å². The van der Waals surface area contributed by atoms with E-state index in [1.807, 2.05) is 24.3 Å². The molecule has 6 heteroatoms. The Hall–Kier alpha value is -2.73. The minimum Gasteiger partial charge on any atom is -0.339 e. The van der Waals surface area contributed by atoms with Gasteiger partial charge in [0.05, 0.1) is 0 Å². The van der Waals surface area contributed by atoms with Gasteiger partial charge in [0.15, 0.2) is 0 Å². The third-order valence-corrected chi connectivity index (χ3v) is 5.69. The van der Waals surface area contributed by atoms with Crippen LogP contribution >= 0.6 is 0 Å². The maximum atomic E-state index is 13.8. The van der Waals surface area contributed by atoms with Crippen molar-refractivity contribution in [1.82, 2.24) is 10.2 Å². The zero-order chi connectivity index (χ0) is 19.7. The maximum Gasteiger partial charge on any atom is 0.225 e. The van der Waals surface area contributed by atoms with Crippen molar-refractivity contribution in [2.45, 2.75) is 38.3 Å². The Kier molecular flexibility index (Phi) is 5.13. The second-order valence-corrected chi connectivity index (χ2v) is 7.57. The van der Waals surface area contributed by atoms with Gasteiger partial charge < -0.3 is 15.5 Å². The van der Waals surface area contributed by atoms with Crippen LogP contribution in [-0.2, 0) is 16.1 Å². The first kappa shape index (κ1) is 18.6. The number of carbonyl (C=O) groups is 2. The average molecular weight is 381 g/mol. The first-order valence-corrected chi connectivity index (χ1v) is 9.67. The summed E-state index contributed by atoms with van der Waals surface area (Å²) in [5.41, 5.74) is 3.87. The number of benzene rings is 2. The molecule has 5 nitrogen and oxygen atoms in total. The first-order valence-electron chi connectivity index (χ1n) is 9.67. The van der Waals surface area contributed by atoms with E-state index in [2.05, 4.69) is 16.7 Å². The number of nitrogens with one attached hydrogen (secondary N) is 2. The maximum absolute atomic E-state index is 13.8. The van der Waals surface area contributed by atoms with E-state index in [1.54, 1.807) is 11.8 Å². The van der Waals surface area contributed by atoms with Gasteiger partial charge in [-0.3, -0.25) is 9.59 Å². The highest BCUT2D eigenvalue weighted by Crippen LogP contribution is 2.33. The summed E-state index contributed by atoms with van der Waals surface area (Å²) in [5.74, 6) is -0.188. The van der Waals surface area contributed by atoms with E-state index in [0.29, 0.717) is 26.1 Å². The lowest BCUT2D eigenvalue weighted by atomic mass is 9.89. The van der Waals surface area contributed by atoms with Gasteiger partial charge in [0.2, 0.25) is 11.8 Å². The fourth-order valence-electron chi connectivity index (χ4n) is 4.23. The summed E-state index contributed by atoms with van der Waals surface area (Å²) in [6.45, 7) is 3.23. The molecule has 2 N–H and O–H groups in total. The zero-order valence-corrected chi connectivity index (χ0v) is 15.9. The molecule has 0 bridgehead atoms. The van der Waals surface area contributed by atoms with Gasteiger partial charge in [-0.25, -0.2) is 4.39 Å². The topological polar surface area (TPSA) is 61.4 Å². The summed E-state index contributed by atoms with van der Waals surface area (Å²) in [5, 5.41) is 6.51. The number of rotatable bonds is 3. The lowest BCUT2D eigenvalue weighted by Crippen LogP contribution is -2.33. The Morgan fingerprint density at radius 1 is 1.25 bits per heavy atom. The normalized spacial score (nSPS) is 21.4. The molecule has 2 aliphatic heterocycles. The van der Waals surface area contributed by atoms with Gasteiger partial charge in [-0.05, 0) is 41.3 Å². The second kappa shape index (κ2) is 7.72. The van der Waals surface area contributed by atoms with Crippen LogP contribution in [-0.4, -0.2) is 29.8 Å². The number of halogens is 1. The molecule has 2 aromatic rings. The smallest absolute Gasteiger partial charge is 0.225 e. The summed E-state index contributed by atoms with van der Waals surface area (Å²) >= 11 is 0. The van der Waals surface area contributed by atoms with Crippen LogP contribution in [0.4, 0.5) is 10.1 Å². The molecule has 0 unspecified atom stereocenters. The minimum absolute atomic E-state index is 0.00580. The molecule has 0 fully saturated rings. The Morgan fingerprint density at radius 3 is 2.89 bits per heavy atom. The van der Waals surface area contributed by atoms with Crippen LogP contribution in [0.3, 0.4) is 0 Å². The van der Waals surface area contributed by atoms with Gasteiger partial charge in [0.1, 0.15) is 5.82 Å². The molecule has 0 aromatic heterocycles. The molecule has 0 spiro atoms. The van der Waals surface area contributed by atoms with Crippen molar-refractivity contribution in [1.29, 1.82) is 0 Å². The number of fused-ring (bicyclic) bond motifs is 2. The van der Waals surface area contributed by atoms with E-state index in [1.165, 1.54) is 12.1 Å². The van der Waals surface area contributed by atoms with Gasteiger partial charge in [-0.2, -0.15) is 0 Å². The van der Waals surface area contributed by atoms with Crippen LogP contribution in [0, 0.1) is 5.82 Å². The van der Waals surface area contributed by atoms with Crippen molar-refractivity contribution < 1.29 is 14.0 Å². The van der Waals surface area contributed by atoms with Crippen molar-refractivity contribution in [2.24, 2.45) is 0 Å². The van der Waals surface area contributed by atoms with Crippen LogP contribution < -0.4 is 10.6 Å². The fourth-order valence-corrected chi connectivity index (χ4v) is 4.23. The summed E-state index contributed by atoms with van der Waals surface area (Å²) in [6, 6.07) is 12.7. The van der Waals surface area contributed by atoms with Gasteiger partial charge in [0.25, 0.3) is 0 Å². The molecule has 2 atom stereocenters. The summed E-state index contributed by atoms with van der Waals surface area (Å²) in [7, 11) is 0. The predicted octanol–water partition coefficient (Wildman–Crippen LogP) is 3.33. The number of nitrogens with zero attached hydrogens (tertiary/aromatic N) is 1. The van der Waals surface area contributed by atoms with E-state index >= 15 is 0 Å². The molecule has 28 heavy (non-hydrogen) atoms. The van der Waals surface area contributed by atoms with E-state index in [9.17, 15) is 14.0 Å². The van der Waals surface area contributed by atoms with Gasteiger partial charge >= 0.3 is 0 Å². The van der Waals surface area contributed by atoms with Crippen LogP contribution in [0.15, 0.2) is 42.5 Å². The molecular weight excluding hydrogens is 357 g/mol. The number of amides is 2. The second-order valence-electron chi connectivity index (χ2n) is 7.57. The standard InChI is InChI=1S/C22H24FN3O2/c1-14(27)26-9-8-20(19-7-6-17(23)10-16(19)13-26)24-12-15-11-22(28)25-21-5-3-2-4-18(15)21/h2-7,10,15,20,24H,8-9,11-13H2,1H3,(H,25,28)/t15-,20-/m0/s1. The first-order chi connectivity index (χ1) is 13.5. The molecule has 0 saturated carbocycles. The molecule has 0 aliphatic carbocycles. The number of hydrogen-bond acceptors (Lipinski definition) is 3. The van der Waals surface area contributed by atoms with Gasteiger partial charge in [-0.1, -0.05) is 24.3 Å². The number of para-hydroxylation sites is 1.